The third kappa shape index (κ3) is 4.16. The van der Waals surface area contributed by atoms with Gasteiger partial charge < -0.3 is 5.32 Å². The summed E-state index contributed by atoms with van der Waals surface area (Å²) in [5.41, 5.74) is 3.59. The summed E-state index contributed by atoms with van der Waals surface area (Å²) in [7, 11) is 3.50. The van der Waals surface area contributed by atoms with Crippen LogP contribution in [0.5, 0.6) is 0 Å². The standard InChI is InChI=1S/C22H25BrN4O2/c1-25-19-10-9-18(12-20(19)26(2)22(25)29)24-21(28)16-4-3-11-27(14-16)13-15-5-7-17(23)8-6-15/h5-10,12,16H,3-4,11,13-14H2,1-2H3,(H,24,28). The summed E-state index contributed by atoms with van der Waals surface area (Å²) < 4.78 is 4.29. The van der Waals surface area contributed by atoms with Crippen LogP contribution in [0.3, 0.4) is 0 Å². The van der Waals surface area contributed by atoms with Crippen LogP contribution in [0.25, 0.3) is 11.0 Å². The molecule has 1 atom stereocenters. The molecule has 7 heteroatoms. The van der Waals surface area contributed by atoms with Crippen LogP contribution in [0, 0.1) is 5.92 Å². The zero-order valence-electron chi connectivity index (χ0n) is 16.7. The molecule has 0 aliphatic carbocycles. The zero-order valence-corrected chi connectivity index (χ0v) is 18.3. The predicted molar refractivity (Wildman–Crippen MR) is 119 cm³/mol. The average Bonchev–Trinajstić information content (AvgIpc) is 2.94. The molecular formula is C22H25BrN4O2. The van der Waals surface area contributed by atoms with Crippen molar-refractivity contribution in [2.75, 3.05) is 18.4 Å². The van der Waals surface area contributed by atoms with Crippen LogP contribution in [0.1, 0.15) is 18.4 Å². The summed E-state index contributed by atoms with van der Waals surface area (Å²) in [5.74, 6) is 0.0141. The lowest BCUT2D eigenvalue weighted by Gasteiger charge is -2.32. The number of hydrogen-bond donors (Lipinski definition) is 1. The van der Waals surface area contributed by atoms with Crippen molar-refractivity contribution >= 4 is 38.6 Å². The Morgan fingerprint density at radius 1 is 1.10 bits per heavy atom. The fourth-order valence-corrected chi connectivity index (χ4v) is 4.35. The lowest BCUT2D eigenvalue weighted by molar-refractivity contribution is -0.121. The number of likely N-dealkylation sites (tertiary alicyclic amines) is 1. The number of halogens is 1. The van der Waals surface area contributed by atoms with Crippen molar-refractivity contribution in [2.24, 2.45) is 20.0 Å². The molecule has 1 aliphatic rings. The van der Waals surface area contributed by atoms with Crippen molar-refractivity contribution < 1.29 is 4.79 Å². The van der Waals surface area contributed by atoms with E-state index in [-0.39, 0.29) is 17.5 Å². The highest BCUT2D eigenvalue weighted by atomic mass is 79.9. The Morgan fingerprint density at radius 3 is 2.59 bits per heavy atom. The van der Waals surface area contributed by atoms with Gasteiger partial charge in [0.15, 0.2) is 0 Å². The lowest BCUT2D eigenvalue weighted by atomic mass is 9.96. The number of hydrogen-bond acceptors (Lipinski definition) is 3. The highest BCUT2D eigenvalue weighted by Gasteiger charge is 2.26. The second-order valence-corrected chi connectivity index (χ2v) is 8.71. The van der Waals surface area contributed by atoms with E-state index in [2.05, 4.69) is 50.4 Å². The maximum Gasteiger partial charge on any atom is 0.328 e. The molecule has 0 radical (unpaired) electrons. The number of aryl methyl sites for hydroxylation is 2. The van der Waals surface area contributed by atoms with E-state index in [0.717, 1.165) is 53.7 Å². The summed E-state index contributed by atoms with van der Waals surface area (Å²) >= 11 is 3.47. The SMILES string of the molecule is Cn1c(=O)n(C)c2cc(NC(=O)C3CCCN(Cc4ccc(Br)cc4)C3)ccc21. The molecule has 6 nitrogen and oxygen atoms in total. The van der Waals surface area contributed by atoms with Gasteiger partial charge in [-0.2, -0.15) is 0 Å². The number of fused-ring (bicyclic) bond motifs is 1. The van der Waals surface area contributed by atoms with E-state index in [1.807, 2.05) is 18.2 Å². The summed E-state index contributed by atoms with van der Waals surface area (Å²) in [6.07, 6.45) is 1.91. The molecule has 1 aromatic heterocycles. The first-order chi connectivity index (χ1) is 13.9. The first kappa shape index (κ1) is 19.9. The summed E-state index contributed by atoms with van der Waals surface area (Å²) in [5, 5.41) is 3.06. The number of imidazole rings is 1. The summed E-state index contributed by atoms with van der Waals surface area (Å²) in [6, 6.07) is 14.0. The molecule has 0 bridgehead atoms. The third-order valence-electron chi connectivity index (χ3n) is 5.74. The molecule has 1 N–H and O–H groups in total. The van der Waals surface area contributed by atoms with Gasteiger partial charge in [0.05, 0.1) is 17.0 Å². The molecule has 4 rings (SSSR count). The monoisotopic (exact) mass is 456 g/mol. The Hall–Kier alpha value is -2.38. The maximum atomic E-state index is 12.9. The number of nitrogens with one attached hydrogen (secondary N) is 1. The highest BCUT2D eigenvalue weighted by Crippen LogP contribution is 2.23. The van der Waals surface area contributed by atoms with Crippen molar-refractivity contribution in [2.45, 2.75) is 19.4 Å². The largest absolute Gasteiger partial charge is 0.328 e. The van der Waals surface area contributed by atoms with Crippen LogP contribution in [0.4, 0.5) is 5.69 Å². The summed E-state index contributed by atoms with van der Waals surface area (Å²) in [4.78, 5) is 27.3. The second-order valence-electron chi connectivity index (χ2n) is 7.79. The van der Waals surface area contributed by atoms with Gasteiger partial charge in [0.25, 0.3) is 0 Å². The van der Waals surface area contributed by atoms with E-state index >= 15 is 0 Å². The Bertz CT molecular complexity index is 1100. The number of carbonyl (C=O) groups excluding carboxylic acids is 1. The van der Waals surface area contributed by atoms with Gasteiger partial charge in [-0.1, -0.05) is 28.1 Å². The fraction of sp³-hybridized carbons (Fsp3) is 0.364. The van der Waals surface area contributed by atoms with Crippen molar-refractivity contribution in [3.63, 3.8) is 0 Å². The normalized spacial score (nSPS) is 17.6. The van der Waals surface area contributed by atoms with Gasteiger partial charge >= 0.3 is 5.69 Å². The molecule has 2 aromatic carbocycles. The Morgan fingerprint density at radius 2 is 1.83 bits per heavy atom. The number of amides is 1. The Labute approximate surface area is 178 Å². The molecule has 0 saturated carbocycles. The molecule has 1 saturated heterocycles. The van der Waals surface area contributed by atoms with Crippen molar-refractivity contribution in [3.05, 3.63) is 63.0 Å². The van der Waals surface area contributed by atoms with Crippen molar-refractivity contribution in [1.29, 1.82) is 0 Å². The van der Waals surface area contributed by atoms with Gasteiger partial charge in [-0.05, 0) is 55.3 Å². The van der Waals surface area contributed by atoms with Crippen LogP contribution in [-0.4, -0.2) is 33.0 Å². The van der Waals surface area contributed by atoms with Gasteiger partial charge in [0.2, 0.25) is 5.91 Å². The van der Waals surface area contributed by atoms with E-state index in [0.29, 0.717) is 0 Å². The highest BCUT2D eigenvalue weighted by molar-refractivity contribution is 9.10. The topological polar surface area (TPSA) is 59.3 Å². The van der Waals surface area contributed by atoms with E-state index in [9.17, 15) is 9.59 Å². The quantitative estimate of drug-likeness (QED) is 0.653. The lowest BCUT2D eigenvalue weighted by Crippen LogP contribution is -2.40. The van der Waals surface area contributed by atoms with E-state index in [1.165, 1.54) is 5.56 Å². The van der Waals surface area contributed by atoms with Gasteiger partial charge in [0.1, 0.15) is 0 Å². The minimum Gasteiger partial charge on any atom is -0.326 e. The number of rotatable bonds is 4. The second kappa shape index (κ2) is 8.16. The van der Waals surface area contributed by atoms with Crippen molar-refractivity contribution in [3.8, 4) is 0 Å². The molecule has 1 fully saturated rings. The van der Waals surface area contributed by atoms with E-state index < -0.39 is 0 Å². The minimum atomic E-state index is -0.0701. The van der Waals surface area contributed by atoms with E-state index in [1.54, 1.807) is 23.2 Å². The minimum absolute atomic E-state index is 0.0329. The molecular weight excluding hydrogens is 432 g/mol. The molecule has 152 valence electrons. The fourth-order valence-electron chi connectivity index (χ4n) is 4.09. The number of benzene rings is 2. The molecule has 1 aliphatic heterocycles. The smallest absolute Gasteiger partial charge is 0.326 e. The number of nitrogens with zero attached hydrogens (tertiary/aromatic N) is 3. The molecule has 29 heavy (non-hydrogen) atoms. The molecule has 2 heterocycles. The molecule has 0 spiro atoms. The predicted octanol–water partition coefficient (Wildman–Crippen LogP) is 3.49. The molecule has 3 aromatic rings. The van der Waals surface area contributed by atoms with Gasteiger partial charge in [-0.25, -0.2) is 4.79 Å². The van der Waals surface area contributed by atoms with Crippen LogP contribution < -0.4 is 11.0 Å². The van der Waals surface area contributed by atoms with E-state index in [4.69, 9.17) is 0 Å². The third-order valence-corrected chi connectivity index (χ3v) is 6.26. The number of aromatic nitrogens is 2. The van der Waals surface area contributed by atoms with Crippen LogP contribution in [-0.2, 0) is 25.4 Å². The van der Waals surface area contributed by atoms with Crippen LogP contribution in [0.2, 0.25) is 0 Å². The Balaban J connectivity index is 1.44. The van der Waals surface area contributed by atoms with Gasteiger partial charge in [0, 0.05) is 37.3 Å². The number of carbonyl (C=O) groups is 1. The first-order valence-electron chi connectivity index (χ1n) is 9.85. The van der Waals surface area contributed by atoms with Crippen LogP contribution >= 0.6 is 15.9 Å². The van der Waals surface area contributed by atoms with Gasteiger partial charge in [-0.3, -0.25) is 18.8 Å². The number of piperidine rings is 1. The molecule has 1 amide bonds. The number of anilines is 1. The maximum absolute atomic E-state index is 12.9. The van der Waals surface area contributed by atoms with Gasteiger partial charge in [-0.15, -0.1) is 0 Å². The zero-order chi connectivity index (χ0) is 20.5. The first-order valence-corrected chi connectivity index (χ1v) is 10.6. The average molecular weight is 457 g/mol. The van der Waals surface area contributed by atoms with Crippen LogP contribution in [0.15, 0.2) is 51.7 Å². The molecule has 1 unspecified atom stereocenters. The summed E-state index contributed by atoms with van der Waals surface area (Å²) in [6.45, 7) is 2.63. The Kier molecular flexibility index (Phi) is 5.61. The van der Waals surface area contributed by atoms with Crippen molar-refractivity contribution in [1.82, 2.24) is 14.0 Å².